The minimum atomic E-state index is -0.305. The summed E-state index contributed by atoms with van der Waals surface area (Å²) in [5.41, 5.74) is 0. The molecule has 0 N–H and O–H groups in total. The van der Waals surface area contributed by atoms with Crippen molar-refractivity contribution >= 4 is 5.91 Å². The van der Waals surface area contributed by atoms with Gasteiger partial charge in [-0.25, -0.2) is 4.39 Å². The van der Waals surface area contributed by atoms with Gasteiger partial charge in [-0.2, -0.15) is 4.98 Å². The van der Waals surface area contributed by atoms with E-state index in [1.165, 1.54) is 25.0 Å². The average molecular weight is 373 g/mol. The summed E-state index contributed by atoms with van der Waals surface area (Å²) in [6.45, 7) is 1.67. The first-order valence-corrected chi connectivity index (χ1v) is 9.68. The fourth-order valence-electron chi connectivity index (χ4n) is 3.96. The molecule has 0 unspecified atom stereocenters. The van der Waals surface area contributed by atoms with Gasteiger partial charge in [0.25, 0.3) is 5.89 Å². The van der Waals surface area contributed by atoms with E-state index in [1.54, 1.807) is 12.1 Å². The van der Waals surface area contributed by atoms with Crippen molar-refractivity contribution in [2.24, 2.45) is 5.92 Å². The number of piperidine rings is 1. The zero-order chi connectivity index (χ0) is 18.6. The molecule has 2 fully saturated rings. The van der Waals surface area contributed by atoms with Crippen LogP contribution in [0.2, 0.25) is 0 Å². The molecule has 0 atom stereocenters. The monoisotopic (exact) mass is 373 g/mol. The van der Waals surface area contributed by atoms with Crippen LogP contribution in [0, 0.1) is 11.7 Å². The van der Waals surface area contributed by atoms with Gasteiger partial charge in [-0.15, -0.1) is 0 Å². The molecule has 1 aromatic heterocycles. The second kappa shape index (κ2) is 8.06. The van der Waals surface area contributed by atoms with E-state index in [9.17, 15) is 9.18 Å². The number of hydrogen-bond donors (Lipinski definition) is 0. The molecular weight excluding hydrogens is 349 g/mol. The Bertz CT molecular complexity index is 763. The number of carbonyl (C=O) groups excluding carboxylic acids is 1. The van der Waals surface area contributed by atoms with Gasteiger partial charge in [-0.1, -0.05) is 18.0 Å². The van der Waals surface area contributed by atoms with E-state index in [2.05, 4.69) is 10.1 Å². The van der Waals surface area contributed by atoms with Crippen LogP contribution in [-0.4, -0.2) is 34.0 Å². The van der Waals surface area contributed by atoms with Crippen molar-refractivity contribution in [3.8, 4) is 5.75 Å². The van der Waals surface area contributed by atoms with Gasteiger partial charge >= 0.3 is 0 Å². The summed E-state index contributed by atoms with van der Waals surface area (Å²) in [5, 5.41) is 4.08. The molecule has 1 aromatic carbocycles. The largest absolute Gasteiger partial charge is 0.484 e. The summed E-state index contributed by atoms with van der Waals surface area (Å²) in [6, 6.07) is 5.80. The smallest absolute Gasteiger partial charge is 0.264 e. The molecule has 27 heavy (non-hydrogen) atoms. The topological polar surface area (TPSA) is 68.5 Å². The second-order valence-corrected chi connectivity index (χ2v) is 7.37. The average Bonchev–Trinajstić information content (AvgIpc) is 3.39. The van der Waals surface area contributed by atoms with E-state index in [0.29, 0.717) is 23.4 Å². The van der Waals surface area contributed by atoms with Gasteiger partial charge in [0.05, 0.1) is 0 Å². The Morgan fingerprint density at radius 2 is 1.85 bits per heavy atom. The minimum absolute atomic E-state index is 0.150. The third kappa shape index (κ3) is 4.28. The molecule has 6 nitrogen and oxygen atoms in total. The van der Waals surface area contributed by atoms with Gasteiger partial charge in [0.1, 0.15) is 11.6 Å². The lowest BCUT2D eigenvalue weighted by Crippen LogP contribution is -2.41. The SMILES string of the molecule is O=C(C1CCCC1)N1CCC(c2noc(COc3ccc(F)cc3)n2)CC1. The first-order chi connectivity index (χ1) is 13.2. The number of halogens is 1. The number of carbonyl (C=O) groups is 1. The Balaban J connectivity index is 1.27. The van der Waals surface area contributed by atoms with Crippen molar-refractivity contribution < 1.29 is 18.4 Å². The van der Waals surface area contributed by atoms with Crippen LogP contribution in [0.3, 0.4) is 0 Å². The molecule has 144 valence electrons. The normalized spacial score (nSPS) is 18.8. The third-order valence-electron chi connectivity index (χ3n) is 5.54. The Labute approximate surface area is 157 Å². The number of likely N-dealkylation sites (tertiary alicyclic amines) is 1. The number of benzene rings is 1. The van der Waals surface area contributed by atoms with Crippen molar-refractivity contribution in [1.29, 1.82) is 0 Å². The first kappa shape index (κ1) is 17.9. The van der Waals surface area contributed by atoms with Crippen LogP contribution < -0.4 is 4.74 Å². The number of hydrogen-bond acceptors (Lipinski definition) is 5. The van der Waals surface area contributed by atoms with Crippen molar-refractivity contribution in [2.45, 2.75) is 51.0 Å². The number of nitrogens with zero attached hydrogens (tertiary/aromatic N) is 3. The number of ether oxygens (including phenoxy) is 1. The van der Waals surface area contributed by atoms with E-state index in [0.717, 1.165) is 38.8 Å². The van der Waals surface area contributed by atoms with E-state index >= 15 is 0 Å². The summed E-state index contributed by atoms with van der Waals surface area (Å²) in [4.78, 5) is 19.0. The van der Waals surface area contributed by atoms with Crippen LogP contribution in [0.4, 0.5) is 4.39 Å². The van der Waals surface area contributed by atoms with Crippen LogP contribution in [0.5, 0.6) is 5.75 Å². The lowest BCUT2D eigenvalue weighted by atomic mass is 9.95. The number of amides is 1. The van der Waals surface area contributed by atoms with Gasteiger partial charge in [0.2, 0.25) is 5.91 Å². The highest BCUT2D eigenvalue weighted by Gasteiger charge is 2.31. The molecule has 1 amide bonds. The van der Waals surface area contributed by atoms with Gasteiger partial charge < -0.3 is 14.2 Å². The minimum Gasteiger partial charge on any atom is -0.484 e. The summed E-state index contributed by atoms with van der Waals surface area (Å²) in [6.07, 6.45) is 6.16. The summed E-state index contributed by atoms with van der Waals surface area (Å²) >= 11 is 0. The van der Waals surface area contributed by atoms with Gasteiger partial charge in [0, 0.05) is 24.9 Å². The summed E-state index contributed by atoms with van der Waals surface area (Å²) in [7, 11) is 0. The summed E-state index contributed by atoms with van der Waals surface area (Å²) < 4.78 is 23.7. The molecule has 2 aromatic rings. The van der Waals surface area contributed by atoms with E-state index < -0.39 is 0 Å². The van der Waals surface area contributed by atoms with Crippen molar-refractivity contribution in [1.82, 2.24) is 15.0 Å². The predicted molar refractivity (Wildman–Crippen MR) is 95.5 cm³/mol. The highest BCUT2D eigenvalue weighted by atomic mass is 19.1. The van der Waals surface area contributed by atoms with Crippen molar-refractivity contribution in [2.75, 3.05) is 13.1 Å². The van der Waals surface area contributed by atoms with E-state index in [-0.39, 0.29) is 24.3 Å². The zero-order valence-electron chi connectivity index (χ0n) is 15.3. The molecule has 1 saturated carbocycles. The Kier molecular flexibility index (Phi) is 5.36. The lowest BCUT2D eigenvalue weighted by molar-refractivity contribution is -0.136. The Morgan fingerprint density at radius 1 is 1.15 bits per heavy atom. The van der Waals surface area contributed by atoms with Crippen LogP contribution >= 0.6 is 0 Å². The first-order valence-electron chi connectivity index (χ1n) is 9.68. The number of rotatable bonds is 5. The van der Waals surface area contributed by atoms with Gasteiger partial charge in [-0.05, 0) is 49.9 Å². The third-order valence-corrected chi connectivity index (χ3v) is 5.54. The van der Waals surface area contributed by atoms with Crippen LogP contribution in [0.1, 0.15) is 56.2 Å². The van der Waals surface area contributed by atoms with E-state index in [1.807, 2.05) is 4.90 Å². The van der Waals surface area contributed by atoms with Crippen molar-refractivity contribution in [3.63, 3.8) is 0 Å². The molecule has 1 aliphatic carbocycles. The van der Waals surface area contributed by atoms with Crippen LogP contribution in [-0.2, 0) is 11.4 Å². The maximum absolute atomic E-state index is 12.9. The predicted octanol–water partition coefficient (Wildman–Crippen LogP) is 3.68. The second-order valence-electron chi connectivity index (χ2n) is 7.37. The molecule has 1 aliphatic heterocycles. The number of aromatic nitrogens is 2. The van der Waals surface area contributed by atoms with Gasteiger partial charge in [0.15, 0.2) is 12.4 Å². The molecule has 4 rings (SSSR count). The highest BCUT2D eigenvalue weighted by molar-refractivity contribution is 5.79. The van der Waals surface area contributed by atoms with E-state index in [4.69, 9.17) is 9.26 Å². The Hall–Kier alpha value is -2.44. The fraction of sp³-hybridized carbons (Fsp3) is 0.550. The molecule has 7 heteroatoms. The molecular formula is C20H24FN3O3. The molecule has 2 aliphatic rings. The standard InChI is InChI=1S/C20H24FN3O3/c21-16-5-7-17(8-6-16)26-13-18-22-19(23-27-18)14-9-11-24(12-10-14)20(25)15-3-1-2-4-15/h5-8,14-15H,1-4,9-13H2. The lowest BCUT2D eigenvalue weighted by Gasteiger charge is -2.32. The van der Waals surface area contributed by atoms with Crippen LogP contribution in [0.25, 0.3) is 0 Å². The molecule has 0 bridgehead atoms. The molecule has 2 heterocycles. The fourth-order valence-corrected chi connectivity index (χ4v) is 3.96. The maximum Gasteiger partial charge on any atom is 0.264 e. The summed E-state index contributed by atoms with van der Waals surface area (Å²) in [5.74, 6) is 2.10. The van der Waals surface area contributed by atoms with Gasteiger partial charge in [-0.3, -0.25) is 4.79 Å². The van der Waals surface area contributed by atoms with Crippen LogP contribution in [0.15, 0.2) is 28.8 Å². The zero-order valence-corrected chi connectivity index (χ0v) is 15.3. The van der Waals surface area contributed by atoms with Crippen molar-refractivity contribution in [3.05, 3.63) is 41.8 Å². The molecule has 0 radical (unpaired) electrons. The quantitative estimate of drug-likeness (QED) is 0.800. The Morgan fingerprint density at radius 3 is 2.56 bits per heavy atom. The molecule has 1 saturated heterocycles. The maximum atomic E-state index is 12.9. The highest BCUT2D eigenvalue weighted by Crippen LogP contribution is 2.31. The molecule has 0 spiro atoms.